The first-order valence-corrected chi connectivity index (χ1v) is 9.52. The second-order valence-corrected chi connectivity index (χ2v) is 6.71. The quantitative estimate of drug-likeness (QED) is 0.483. The number of hydrogen-bond donors (Lipinski definition) is 1. The molecule has 0 radical (unpaired) electrons. The minimum Gasteiger partial charge on any atom is -0.352 e. The Morgan fingerprint density at radius 2 is 1.69 bits per heavy atom. The zero-order valence-corrected chi connectivity index (χ0v) is 15.8. The molecule has 2 aromatic heterocycles. The highest BCUT2D eigenvalue weighted by Gasteiger charge is 2.19. The minimum absolute atomic E-state index is 0.185. The van der Waals surface area contributed by atoms with Crippen molar-refractivity contribution in [3.05, 3.63) is 102 Å². The molecule has 0 bridgehead atoms. The summed E-state index contributed by atoms with van der Waals surface area (Å²) in [7, 11) is 0. The highest BCUT2D eigenvalue weighted by atomic mass is 19.1. The van der Waals surface area contributed by atoms with Crippen molar-refractivity contribution in [2.75, 3.05) is 6.54 Å². The van der Waals surface area contributed by atoms with Crippen LogP contribution < -0.4 is 5.32 Å². The van der Waals surface area contributed by atoms with Gasteiger partial charge in [0.2, 0.25) is 0 Å². The lowest BCUT2D eigenvalue weighted by Gasteiger charge is -2.11. The van der Waals surface area contributed by atoms with Crippen LogP contribution in [0.3, 0.4) is 0 Å². The van der Waals surface area contributed by atoms with Gasteiger partial charge < -0.3 is 9.88 Å². The van der Waals surface area contributed by atoms with Gasteiger partial charge in [0.25, 0.3) is 5.91 Å². The number of aromatic nitrogens is 3. The van der Waals surface area contributed by atoms with Crippen molar-refractivity contribution < 1.29 is 9.18 Å². The van der Waals surface area contributed by atoms with Gasteiger partial charge in [-0.3, -0.25) is 4.79 Å². The van der Waals surface area contributed by atoms with Crippen molar-refractivity contribution in [2.45, 2.75) is 12.8 Å². The Hall–Kier alpha value is -3.67. The fraction of sp³-hybridized carbons (Fsp3) is 0.130. The Bertz CT molecular complexity index is 1070. The Morgan fingerprint density at radius 1 is 0.966 bits per heavy atom. The number of halogens is 1. The molecule has 0 atom stereocenters. The van der Waals surface area contributed by atoms with Crippen LogP contribution in [0, 0.1) is 5.82 Å². The van der Waals surface area contributed by atoms with Crippen LogP contribution in [0.5, 0.6) is 0 Å². The zero-order chi connectivity index (χ0) is 20.1. The van der Waals surface area contributed by atoms with E-state index in [2.05, 4.69) is 22.5 Å². The molecule has 0 saturated carbocycles. The number of nitrogens with one attached hydrogen (secondary N) is 1. The normalized spacial score (nSPS) is 10.8. The van der Waals surface area contributed by atoms with E-state index in [-0.39, 0.29) is 11.7 Å². The van der Waals surface area contributed by atoms with Gasteiger partial charge in [-0.1, -0.05) is 30.3 Å². The van der Waals surface area contributed by atoms with Gasteiger partial charge in [-0.2, -0.15) is 5.10 Å². The molecule has 146 valence electrons. The number of nitrogens with zero attached hydrogens (tertiary/aromatic N) is 3. The average Bonchev–Trinajstić information content (AvgIpc) is 3.42. The van der Waals surface area contributed by atoms with E-state index in [1.165, 1.54) is 17.7 Å². The topological polar surface area (TPSA) is 51.9 Å². The second kappa shape index (κ2) is 8.56. The molecule has 2 heterocycles. The smallest absolute Gasteiger partial charge is 0.256 e. The largest absolute Gasteiger partial charge is 0.352 e. The van der Waals surface area contributed by atoms with Crippen LogP contribution in [-0.2, 0) is 6.42 Å². The number of aryl methyl sites for hydroxylation is 1. The number of rotatable bonds is 7. The van der Waals surface area contributed by atoms with Gasteiger partial charge in [0.1, 0.15) is 11.4 Å². The molecule has 1 amide bonds. The van der Waals surface area contributed by atoms with E-state index in [1.807, 2.05) is 47.3 Å². The standard InChI is InChI=1S/C23H21FN4O/c24-19-10-12-20(13-11-19)28-23(27-15-4-5-16-27)21(17-26-28)22(29)25-14-6-9-18-7-2-1-3-8-18/h1-5,7-8,10-13,15-17H,6,9,14H2,(H,25,29). The molecule has 0 unspecified atom stereocenters. The minimum atomic E-state index is -0.320. The summed E-state index contributed by atoms with van der Waals surface area (Å²) in [5.74, 6) is 0.108. The van der Waals surface area contributed by atoms with Crippen molar-refractivity contribution in [3.8, 4) is 11.5 Å². The van der Waals surface area contributed by atoms with E-state index >= 15 is 0 Å². The number of amides is 1. The van der Waals surface area contributed by atoms with E-state index in [9.17, 15) is 9.18 Å². The fourth-order valence-corrected chi connectivity index (χ4v) is 3.23. The number of hydrogen-bond acceptors (Lipinski definition) is 2. The van der Waals surface area contributed by atoms with Gasteiger partial charge in [-0.25, -0.2) is 9.07 Å². The van der Waals surface area contributed by atoms with Crippen LogP contribution in [0.25, 0.3) is 11.5 Å². The van der Waals surface area contributed by atoms with E-state index in [0.717, 1.165) is 12.8 Å². The summed E-state index contributed by atoms with van der Waals surface area (Å²) in [6.07, 6.45) is 7.00. The third-order valence-corrected chi connectivity index (χ3v) is 4.68. The van der Waals surface area contributed by atoms with Crippen molar-refractivity contribution in [1.82, 2.24) is 19.7 Å². The highest BCUT2D eigenvalue weighted by Crippen LogP contribution is 2.20. The lowest BCUT2D eigenvalue weighted by molar-refractivity contribution is 0.0953. The Kier molecular flexibility index (Phi) is 5.52. The molecular weight excluding hydrogens is 367 g/mol. The summed E-state index contributed by atoms with van der Waals surface area (Å²) in [5, 5.41) is 7.36. The molecule has 1 N–H and O–H groups in total. The van der Waals surface area contributed by atoms with Crippen LogP contribution in [0.1, 0.15) is 22.3 Å². The molecule has 0 aliphatic heterocycles. The van der Waals surface area contributed by atoms with E-state index in [1.54, 1.807) is 23.0 Å². The van der Waals surface area contributed by atoms with E-state index in [0.29, 0.717) is 23.6 Å². The maximum Gasteiger partial charge on any atom is 0.256 e. The third-order valence-electron chi connectivity index (χ3n) is 4.68. The third kappa shape index (κ3) is 4.27. The van der Waals surface area contributed by atoms with Gasteiger partial charge in [0.05, 0.1) is 11.9 Å². The van der Waals surface area contributed by atoms with Gasteiger partial charge in [-0.15, -0.1) is 0 Å². The van der Waals surface area contributed by atoms with Gasteiger partial charge in [-0.05, 0) is 54.8 Å². The van der Waals surface area contributed by atoms with E-state index < -0.39 is 0 Å². The first-order valence-electron chi connectivity index (χ1n) is 9.52. The summed E-state index contributed by atoms with van der Waals surface area (Å²) in [4.78, 5) is 12.8. The molecule has 6 heteroatoms. The van der Waals surface area contributed by atoms with Crippen molar-refractivity contribution in [2.24, 2.45) is 0 Å². The molecule has 4 rings (SSSR count). The maximum atomic E-state index is 13.3. The Labute approximate surface area is 168 Å². The van der Waals surface area contributed by atoms with Crippen molar-refractivity contribution in [1.29, 1.82) is 0 Å². The molecule has 0 fully saturated rings. The molecule has 29 heavy (non-hydrogen) atoms. The van der Waals surface area contributed by atoms with Crippen LogP contribution in [0.15, 0.2) is 85.3 Å². The summed E-state index contributed by atoms with van der Waals surface area (Å²) >= 11 is 0. The number of carbonyl (C=O) groups excluding carboxylic acids is 1. The monoisotopic (exact) mass is 388 g/mol. The maximum absolute atomic E-state index is 13.3. The molecule has 0 aliphatic carbocycles. The SMILES string of the molecule is O=C(NCCCc1ccccc1)c1cnn(-c2ccc(F)cc2)c1-n1cccc1. The van der Waals surface area contributed by atoms with Crippen molar-refractivity contribution >= 4 is 5.91 Å². The lowest BCUT2D eigenvalue weighted by Crippen LogP contribution is -2.25. The lowest BCUT2D eigenvalue weighted by atomic mass is 10.1. The molecular formula is C23H21FN4O. The summed E-state index contributed by atoms with van der Waals surface area (Å²) < 4.78 is 16.8. The van der Waals surface area contributed by atoms with Gasteiger partial charge in [0, 0.05) is 18.9 Å². The average molecular weight is 388 g/mol. The first-order chi connectivity index (χ1) is 14.2. The van der Waals surface area contributed by atoms with Crippen molar-refractivity contribution in [3.63, 3.8) is 0 Å². The van der Waals surface area contributed by atoms with Crippen LogP contribution in [-0.4, -0.2) is 26.8 Å². The second-order valence-electron chi connectivity index (χ2n) is 6.71. The molecule has 5 nitrogen and oxygen atoms in total. The van der Waals surface area contributed by atoms with Crippen LogP contribution in [0.4, 0.5) is 4.39 Å². The summed E-state index contributed by atoms with van der Waals surface area (Å²) in [6, 6.07) is 20.0. The van der Waals surface area contributed by atoms with Crippen LogP contribution >= 0.6 is 0 Å². The van der Waals surface area contributed by atoms with Gasteiger partial charge in [0.15, 0.2) is 5.82 Å². The Balaban J connectivity index is 1.52. The fourth-order valence-electron chi connectivity index (χ4n) is 3.23. The predicted octanol–water partition coefficient (Wildman–Crippen LogP) is 4.16. The van der Waals surface area contributed by atoms with E-state index in [4.69, 9.17) is 0 Å². The van der Waals surface area contributed by atoms with Gasteiger partial charge >= 0.3 is 0 Å². The molecule has 0 aliphatic rings. The number of carbonyl (C=O) groups is 1. The molecule has 0 spiro atoms. The summed E-state index contributed by atoms with van der Waals surface area (Å²) in [6.45, 7) is 0.570. The molecule has 4 aromatic rings. The number of benzene rings is 2. The molecule has 2 aromatic carbocycles. The zero-order valence-electron chi connectivity index (χ0n) is 15.8. The Morgan fingerprint density at radius 3 is 2.41 bits per heavy atom. The first kappa shape index (κ1) is 18.7. The summed E-state index contributed by atoms with van der Waals surface area (Å²) in [5.41, 5.74) is 2.39. The predicted molar refractivity (Wildman–Crippen MR) is 110 cm³/mol. The molecule has 0 saturated heterocycles. The highest BCUT2D eigenvalue weighted by molar-refractivity contribution is 5.97. The van der Waals surface area contributed by atoms with Crippen LogP contribution in [0.2, 0.25) is 0 Å².